The van der Waals surface area contributed by atoms with Crippen molar-refractivity contribution in [3.63, 3.8) is 0 Å². The first kappa shape index (κ1) is 18.9. The normalized spacial score (nSPS) is 25.3. The van der Waals surface area contributed by atoms with Crippen molar-refractivity contribution in [1.82, 2.24) is 19.6 Å². The van der Waals surface area contributed by atoms with Crippen LogP contribution in [0.3, 0.4) is 0 Å². The van der Waals surface area contributed by atoms with Gasteiger partial charge in [0.05, 0.1) is 17.8 Å². The first-order chi connectivity index (χ1) is 13.4. The first-order valence-corrected chi connectivity index (χ1v) is 10.2. The minimum Gasteiger partial charge on any atom is -0.339 e. The van der Waals surface area contributed by atoms with Gasteiger partial charge < -0.3 is 4.90 Å². The zero-order chi connectivity index (χ0) is 19.9. The second-order valence-electron chi connectivity index (χ2n) is 8.29. The number of hydrogen-bond donors (Lipinski definition) is 0. The highest BCUT2D eigenvalue weighted by atomic mass is 16.2. The van der Waals surface area contributed by atoms with E-state index in [0.29, 0.717) is 39.0 Å². The third-order valence-electron chi connectivity index (χ3n) is 6.54. The molecule has 1 atom stereocenters. The standard InChI is InChI=1S/C20H28N6O2/c1-15-13-17(23(2)22-15)26-8-3-5-16(18(26)27)24-9-11-25(12-10-24)19(28)20(14-21)6-4-7-20/h13,16H,3-12H2,1-2H3. The van der Waals surface area contributed by atoms with Gasteiger partial charge >= 0.3 is 0 Å². The summed E-state index contributed by atoms with van der Waals surface area (Å²) >= 11 is 0. The van der Waals surface area contributed by atoms with Crippen molar-refractivity contribution < 1.29 is 9.59 Å². The van der Waals surface area contributed by atoms with Crippen molar-refractivity contribution in [3.8, 4) is 6.07 Å². The van der Waals surface area contributed by atoms with Gasteiger partial charge in [0, 0.05) is 45.8 Å². The summed E-state index contributed by atoms with van der Waals surface area (Å²) in [6.45, 7) is 5.21. The first-order valence-electron chi connectivity index (χ1n) is 10.2. The van der Waals surface area contributed by atoms with Gasteiger partial charge in [0.15, 0.2) is 0 Å². The predicted molar refractivity (Wildman–Crippen MR) is 103 cm³/mol. The van der Waals surface area contributed by atoms with Crippen molar-refractivity contribution >= 4 is 17.6 Å². The van der Waals surface area contributed by atoms with E-state index in [2.05, 4.69) is 16.1 Å². The summed E-state index contributed by atoms with van der Waals surface area (Å²) < 4.78 is 1.77. The van der Waals surface area contributed by atoms with E-state index in [4.69, 9.17) is 0 Å². The molecule has 2 aliphatic heterocycles. The fourth-order valence-electron chi connectivity index (χ4n) is 4.72. The topological polar surface area (TPSA) is 85.5 Å². The molecule has 1 aliphatic carbocycles. The third kappa shape index (κ3) is 3.08. The van der Waals surface area contributed by atoms with Crippen molar-refractivity contribution in [2.75, 3.05) is 37.6 Å². The van der Waals surface area contributed by atoms with E-state index in [-0.39, 0.29) is 17.9 Å². The van der Waals surface area contributed by atoms with Crippen molar-refractivity contribution in [1.29, 1.82) is 5.26 Å². The fraction of sp³-hybridized carbons (Fsp3) is 0.700. The Morgan fingerprint density at radius 3 is 2.46 bits per heavy atom. The van der Waals surface area contributed by atoms with Gasteiger partial charge in [0.25, 0.3) is 0 Å². The van der Waals surface area contributed by atoms with E-state index >= 15 is 0 Å². The smallest absolute Gasteiger partial charge is 0.245 e. The Hall–Kier alpha value is -2.40. The lowest BCUT2D eigenvalue weighted by Crippen LogP contribution is -2.60. The Kier molecular flexibility index (Phi) is 4.88. The summed E-state index contributed by atoms with van der Waals surface area (Å²) in [7, 11) is 1.87. The number of carbonyl (C=O) groups is 2. The molecular weight excluding hydrogens is 356 g/mol. The van der Waals surface area contributed by atoms with Crippen LogP contribution in [-0.4, -0.2) is 70.2 Å². The van der Waals surface area contributed by atoms with Gasteiger partial charge in [-0.15, -0.1) is 0 Å². The van der Waals surface area contributed by atoms with Crippen LogP contribution in [0.15, 0.2) is 6.07 Å². The van der Waals surface area contributed by atoms with E-state index in [0.717, 1.165) is 37.3 Å². The molecule has 0 bridgehead atoms. The summed E-state index contributed by atoms with van der Waals surface area (Å²) in [5.74, 6) is 0.964. The molecule has 4 rings (SSSR count). The molecule has 2 amide bonds. The van der Waals surface area contributed by atoms with Crippen LogP contribution >= 0.6 is 0 Å². The molecule has 28 heavy (non-hydrogen) atoms. The molecule has 1 aromatic heterocycles. The van der Waals surface area contributed by atoms with Crippen LogP contribution in [0.1, 0.15) is 37.8 Å². The maximum absolute atomic E-state index is 13.2. The Labute approximate surface area is 165 Å². The summed E-state index contributed by atoms with van der Waals surface area (Å²) in [4.78, 5) is 31.8. The number of hydrogen-bond acceptors (Lipinski definition) is 5. The number of aryl methyl sites for hydroxylation is 2. The number of amides is 2. The summed E-state index contributed by atoms with van der Waals surface area (Å²) in [6.07, 6.45) is 4.13. The van der Waals surface area contributed by atoms with Crippen LogP contribution in [0.25, 0.3) is 0 Å². The average molecular weight is 384 g/mol. The second kappa shape index (κ2) is 7.21. The van der Waals surface area contributed by atoms with Gasteiger partial charge in [0.1, 0.15) is 11.2 Å². The number of nitriles is 1. The quantitative estimate of drug-likeness (QED) is 0.778. The minimum absolute atomic E-state index is 0.0112. The summed E-state index contributed by atoms with van der Waals surface area (Å²) in [5, 5.41) is 13.8. The molecule has 3 fully saturated rings. The lowest BCUT2D eigenvalue weighted by Gasteiger charge is -2.45. The predicted octanol–water partition coefficient (Wildman–Crippen LogP) is 1.06. The highest BCUT2D eigenvalue weighted by Gasteiger charge is 2.47. The van der Waals surface area contributed by atoms with Gasteiger partial charge in [0.2, 0.25) is 11.8 Å². The molecule has 150 valence electrons. The largest absolute Gasteiger partial charge is 0.339 e. The molecule has 0 aromatic carbocycles. The van der Waals surface area contributed by atoms with Crippen molar-refractivity contribution in [2.45, 2.75) is 45.1 Å². The number of carbonyl (C=O) groups excluding carboxylic acids is 2. The van der Waals surface area contributed by atoms with E-state index in [1.54, 1.807) is 4.68 Å². The molecule has 3 aliphatic rings. The molecule has 8 nitrogen and oxygen atoms in total. The zero-order valence-electron chi connectivity index (χ0n) is 16.7. The summed E-state index contributed by atoms with van der Waals surface area (Å²) in [5.41, 5.74) is 0.124. The van der Waals surface area contributed by atoms with E-state index in [9.17, 15) is 14.9 Å². The molecule has 0 spiro atoms. The second-order valence-corrected chi connectivity index (χ2v) is 8.29. The molecule has 1 unspecified atom stereocenters. The summed E-state index contributed by atoms with van der Waals surface area (Å²) in [6, 6.07) is 4.06. The van der Waals surface area contributed by atoms with Crippen LogP contribution in [0.2, 0.25) is 0 Å². The highest BCUT2D eigenvalue weighted by Crippen LogP contribution is 2.42. The zero-order valence-corrected chi connectivity index (χ0v) is 16.7. The van der Waals surface area contributed by atoms with Gasteiger partial charge in [-0.25, -0.2) is 0 Å². The molecule has 3 heterocycles. The number of nitrogens with zero attached hydrogens (tertiary/aromatic N) is 6. The molecule has 0 radical (unpaired) electrons. The van der Waals surface area contributed by atoms with Crippen LogP contribution in [0.4, 0.5) is 5.82 Å². The molecule has 1 saturated carbocycles. The number of aromatic nitrogens is 2. The molecule has 0 N–H and O–H groups in total. The van der Waals surface area contributed by atoms with E-state index < -0.39 is 5.41 Å². The maximum atomic E-state index is 13.2. The third-order valence-corrected chi connectivity index (χ3v) is 6.54. The van der Waals surface area contributed by atoms with Gasteiger partial charge in [-0.05, 0) is 39.0 Å². The number of piperidine rings is 1. The molecule has 8 heteroatoms. The molecular formula is C20H28N6O2. The van der Waals surface area contributed by atoms with Gasteiger partial charge in [-0.1, -0.05) is 0 Å². The minimum atomic E-state index is -0.781. The van der Waals surface area contributed by atoms with Crippen LogP contribution in [0, 0.1) is 23.7 Å². The Bertz CT molecular complexity index is 813. The highest BCUT2D eigenvalue weighted by molar-refractivity contribution is 5.97. The number of anilines is 1. The average Bonchev–Trinajstić information content (AvgIpc) is 2.99. The number of piperazine rings is 1. The van der Waals surface area contributed by atoms with Gasteiger partial charge in [-0.3, -0.25) is 24.1 Å². The van der Waals surface area contributed by atoms with Crippen LogP contribution < -0.4 is 4.90 Å². The Balaban J connectivity index is 1.40. The van der Waals surface area contributed by atoms with Crippen molar-refractivity contribution in [2.24, 2.45) is 12.5 Å². The fourth-order valence-corrected chi connectivity index (χ4v) is 4.72. The Morgan fingerprint density at radius 1 is 1.21 bits per heavy atom. The maximum Gasteiger partial charge on any atom is 0.245 e. The lowest BCUT2D eigenvalue weighted by molar-refractivity contribution is -0.145. The van der Waals surface area contributed by atoms with Crippen LogP contribution in [0.5, 0.6) is 0 Å². The molecule has 2 saturated heterocycles. The number of rotatable bonds is 3. The SMILES string of the molecule is Cc1cc(N2CCCC(N3CCN(C(=O)C4(C#N)CCC4)CC3)C2=O)n(C)n1. The monoisotopic (exact) mass is 384 g/mol. The van der Waals surface area contributed by atoms with E-state index in [1.807, 2.05) is 29.8 Å². The van der Waals surface area contributed by atoms with Crippen LogP contribution in [-0.2, 0) is 16.6 Å². The van der Waals surface area contributed by atoms with E-state index in [1.165, 1.54) is 0 Å². The molecule has 1 aromatic rings. The van der Waals surface area contributed by atoms with Gasteiger partial charge in [-0.2, -0.15) is 10.4 Å². The lowest BCUT2D eigenvalue weighted by atomic mass is 9.69. The Morgan fingerprint density at radius 2 is 1.93 bits per heavy atom. The van der Waals surface area contributed by atoms with Crippen molar-refractivity contribution in [3.05, 3.63) is 11.8 Å².